The minimum atomic E-state index is 0.313. The fraction of sp³-hybridized carbons (Fsp3) is 0.600. The molecule has 0 spiro atoms. The molecule has 0 aliphatic heterocycles. The molecule has 1 N–H and O–H groups in total. The Labute approximate surface area is 104 Å². The van der Waals surface area contributed by atoms with E-state index < -0.39 is 0 Å². The highest BCUT2D eigenvalue weighted by atomic mass is 16.5. The zero-order chi connectivity index (χ0) is 12.3. The molecule has 94 valence electrons. The van der Waals surface area contributed by atoms with Crippen LogP contribution in [0, 0.1) is 5.92 Å². The van der Waals surface area contributed by atoms with Crippen molar-refractivity contribution in [2.75, 3.05) is 20.2 Å². The first-order valence-electron chi connectivity index (χ1n) is 6.56. The van der Waals surface area contributed by atoms with Crippen LogP contribution in [0.25, 0.3) is 0 Å². The van der Waals surface area contributed by atoms with Gasteiger partial charge in [0, 0.05) is 11.0 Å². The molecule has 1 aliphatic rings. The summed E-state index contributed by atoms with van der Waals surface area (Å²) in [6.45, 7) is 6.81. The van der Waals surface area contributed by atoms with E-state index in [0.717, 1.165) is 24.8 Å². The van der Waals surface area contributed by atoms with Crippen molar-refractivity contribution >= 4 is 0 Å². The van der Waals surface area contributed by atoms with Crippen LogP contribution in [-0.4, -0.2) is 20.2 Å². The van der Waals surface area contributed by atoms with Gasteiger partial charge in [0.05, 0.1) is 7.11 Å². The van der Waals surface area contributed by atoms with Crippen molar-refractivity contribution in [3.05, 3.63) is 29.8 Å². The lowest BCUT2D eigenvalue weighted by atomic mass is 9.94. The predicted molar refractivity (Wildman–Crippen MR) is 71.6 cm³/mol. The molecule has 2 nitrogen and oxygen atoms in total. The predicted octanol–water partition coefficient (Wildman–Crippen LogP) is 2.97. The van der Waals surface area contributed by atoms with Crippen LogP contribution in [0.15, 0.2) is 24.3 Å². The van der Waals surface area contributed by atoms with Gasteiger partial charge in [-0.25, -0.2) is 0 Å². The van der Waals surface area contributed by atoms with Crippen molar-refractivity contribution < 1.29 is 4.74 Å². The highest BCUT2D eigenvalue weighted by Crippen LogP contribution is 2.55. The molecule has 0 bridgehead atoms. The lowest BCUT2D eigenvalue weighted by molar-refractivity contribution is 0.403. The number of rotatable bonds is 6. The Morgan fingerprint density at radius 3 is 2.88 bits per heavy atom. The molecule has 0 heterocycles. The maximum Gasteiger partial charge on any atom is 0.122 e. The van der Waals surface area contributed by atoms with Crippen molar-refractivity contribution in [2.24, 2.45) is 5.92 Å². The smallest absolute Gasteiger partial charge is 0.122 e. The van der Waals surface area contributed by atoms with Crippen molar-refractivity contribution in [3.8, 4) is 5.75 Å². The number of ether oxygens (including phenoxy) is 1. The highest BCUT2D eigenvalue weighted by Gasteiger charge is 2.51. The largest absolute Gasteiger partial charge is 0.496 e. The minimum absolute atomic E-state index is 0.313. The zero-order valence-corrected chi connectivity index (χ0v) is 11.1. The van der Waals surface area contributed by atoms with Crippen LogP contribution in [0.3, 0.4) is 0 Å². The summed E-state index contributed by atoms with van der Waals surface area (Å²) in [4.78, 5) is 0. The maximum absolute atomic E-state index is 5.47. The average Bonchev–Trinajstić information content (AvgIpc) is 3.02. The average molecular weight is 233 g/mol. The van der Waals surface area contributed by atoms with Gasteiger partial charge in [-0.15, -0.1) is 0 Å². The topological polar surface area (TPSA) is 21.3 Å². The Kier molecular flexibility index (Phi) is 3.72. The molecule has 0 aromatic heterocycles. The van der Waals surface area contributed by atoms with E-state index in [4.69, 9.17) is 4.74 Å². The highest BCUT2D eigenvalue weighted by molar-refractivity contribution is 5.43. The standard InChI is InChI=1S/C15H23NO/c1-4-9-16-11-12-10-15(12,2)13-7-5-6-8-14(13)17-3/h5-8,12,16H,4,9-11H2,1-3H3. The van der Waals surface area contributed by atoms with Crippen LogP contribution in [0.5, 0.6) is 5.75 Å². The Morgan fingerprint density at radius 2 is 2.18 bits per heavy atom. The lowest BCUT2D eigenvalue weighted by Crippen LogP contribution is -2.21. The molecule has 1 saturated carbocycles. The van der Waals surface area contributed by atoms with Gasteiger partial charge in [0.25, 0.3) is 0 Å². The molecule has 1 aromatic rings. The maximum atomic E-state index is 5.47. The second-order valence-corrected chi connectivity index (χ2v) is 5.22. The van der Waals surface area contributed by atoms with Crippen molar-refractivity contribution in [1.29, 1.82) is 0 Å². The Balaban J connectivity index is 2.03. The molecule has 17 heavy (non-hydrogen) atoms. The summed E-state index contributed by atoms with van der Waals surface area (Å²) >= 11 is 0. The van der Waals surface area contributed by atoms with E-state index in [-0.39, 0.29) is 0 Å². The van der Waals surface area contributed by atoms with Crippen molar-refractivity contribution in [3.63, 3.8) is 0 Å². The SMILES string of the molecule is CCCNCC1CC1(C)c1ccccc1OC. The quantitative estimate of drug-likeness (QED) is 0.763. The Hall–Kier alpha value is -1.02. The van der Waals surface area contributed by atoms with Crippen LogP contribution in [-0.2, 0) is 5.41 Å². The first kappa shape index (κ1) is 12.4. The Morgan fingerprint density at radius 1 is 1.41 bits per heavy atom. The van der Waals surface area contributed by atoms with Crippen molar-refractivity contribution in [2.45, 2.75) is 32.1 Å². The molecule has 2 atom stereocenters. The third-order valence-corrected chi connectivity index (χ3v) is 3.95. The van der Waals surface area contributed by atoms with Gasteiger partial charge in [-0.05, 0) is 37.9 Å². The molecule has 1 fully saturated rings. The van der Waals surface area contributed by atoms with Crippen LogP contribution >= 0.6 is 0 Å². The number of nitrogens with one attached hydrogen (secondary N) is 1. The number of hydrogen-bond donors (Lipinski definition) is 1. The van der Waals surface area contributed by atoms with Gasteiger partial charge < -0.3 is 10.1 Å². The minimum Gasteiger partial charge on any atom is -0.496 e. The van der Waals surface area contributed by atoms with Gasteiger partial charge in [-0.2, -0.15) is 0 Å². The van der Waals surface area contributed by atoms with Gasteiger partial charge in [0.15, 0.2) is 0 Å². The molecule has 1 aliphatic carbocycles. The van der Waals surface area contributed by atoms with E-state index in [1.54, 1.807) is 7.11 Å². The number of para-hydroxylation sites is 1. The fourth-order valence-electron chi connectivity index (χ4n) is 2.65. The normalized spacial score (nSPS) is 26.9. The summed E-state index contributed by atoms with van der Waals surface area (Å²) in [5, 5.41) is 3.52. The molecule has 2 rings (SSSR count). The fourth-order valence-corrected chi connectivity index (χ4v) is 2.65. The van der Waals surface area contributed by atoms with Gasteiger partial charge >= 0.3 is 0 Å². The third kappa shape index (κ3) is 2.47. The third-order valence-electron chi connectivity index (χ3n) is 3.95. The van der Waals surface area contributed by atoms with E-state index in [1.807, 2.05) is 6.07 Å². The van der Waals surface area contributed by atoms with E-state index in [1.165, 1.54) is 18.4 Å². The van der Waals surface area contributed by atoms with E-state index in [0.29, 0.717) is 5.41 Å². The van der Waals surface area contributed by atoms with E-state index >= 15 is 0 Å². The van der Waals surface area contributed by atoms with Gasteiger partial charge in [-0.1, -0.05) is 32.0 Å². The van der Waals surface area contributed by atoms with Crippen molar-refractivity contribution in [1.82, 2.24) is 5.32 Å². The number of benzene rings is 1. The van der Waals surface area contributed by atoms with E-state index in [2.05, 4.69) is 37.4 Å². The molecule has 2 heteroatoms. The molecule has 0 amide bonds. The molecule has 1 aromatic carbocycles. The monoisotopic (exact) mass is 233 g/mol. The summed E-state index contributed by atoms with van der Waals surface area (Å²) < 4.78 is 5.47. The van der Waals surface area contributed by atoms with Crippen LogP contribution in [0.2, 0.25) is 0 Å². The Bertz CT molecular complexity index is 377. The summed E-state index contributed by atoms with van der Waals surface area (Å²) in [5.41, 5.74) is 1.68. The van der Waals surface area contributed by atoms with E-state index in [9.17, 15) is 0 Å². The summed E-state index contributed by atoms with van der Waals surface area (Å²) in [5.74, 6) is 1.79. The molecule has 0 radical (unpaired) electrons. The first-order chi connectivity index (χ1) is 8.22. The summed E-state index contributed by atoms with van der Waals surface area (Å²) in [6, 6.07) is 8.42. The molecule has 2 unspecified atom stereocenters. The number of methoxy groups -OCH3 is 1. The van der Waals surface area contributed by atoms with Gasteiger partial charge in [0.1, 0.15) is 5.75 Å². The molecule has 0 saturated heterocycles. The first-order valence-corrected chi connectivity index (χ1v) is 6.56. The lowest BCUT2D eigenvalue weighted by Gasteiger charge is -2.16. The molecular formula is C15H23NO. The second-order valence-electron chi connectivity index (χ2n) is 5.22. The van der Waals surface area contributed by atoms with Crippen LogP contribution in [0.1, 0.15) is 32.3 Å². The van der Waals surface area contributed by atoms with Crippen LogP contribution in [0.4, 0.5) is 0 Å². The zero-order valence-electron chi connectivity index (χ0n) is 11.1. The number of hydrogen-bond acceptors (Lipinski definition) is 2. The second kappa shape index (κ2) is 5.09. The summed E-state index contributed by atoms with van der Waals surface area (Å²) in [7, 11) is 1.76. The van der Waals surface area contributed by atoms with Crippen LogP contribution < -0.4 is 10.1 Å². The van der Waals surface area contributed by atoms with Gasteiger partial charge in [0.2, 0.25) is 0 Å². The van der Waals surface area contributed by atoms with Gasteiger partial charge in [-0.3, -0.25) is 0 Å². The molecular weight excluding hydrogens is 210 g/mol. The summed E-state index contributed by atoms with van der Waals surface area (Å²) in [6.07, 6.45) is 2.47.